The molecule has 2 rings (SSSR count). The summed E-state index contributed by atoms with van der Waals surface area (Å²) in [7, 11) is 1.51. The van der Waals surface area contributed by atoms with Gasteiger partial charge in [0.15, 0.2) is 0 Å². The summed E-state index contributed by atoms with van der Waals surface area (Å²) in [5.74, 6) is 0.0790. The fourth-order valence-electron chi connectivity index (χ4n) is 3.82. The number of ether oxygens (including phenoxy) is 1. The lowest BCUT2D eigenvalue weighted by atomic mass is 9.93. The molecule has 1 aromatic heterocycles. The van der Waals surface area contributed by atoms with Crippen LogP contribution in [0.25, 0.3) is 0 Å². The number of pyridine rings is 1. The number of aliphatic hydroxyl groups is 1. The highest BCUT2D eigenvalue weighted by molar-refractivity contribution is 5.95. The van der Waals surface area contributed by atoms with Crippen molar-refractivity contribution in [3.8, 4) is 5.88 Å². The van der Waals surface area contributed by atoms with E-state index in [0.717, 1.165) is 37.8 Å². The number of nitrogens with one attached hydrogen (secondary N) is 3. The van der Waals surface area contributed by atoms with E-state index in [1.165, 1.54) is 7.11 Å². The van der Waals surface area contributed by atoms with E-state index in [4.69, 9.17) is 4.74 Å². The van der Waals surface area contributed by atoms with Crippen LogP contribution in [-0.4, -0.2) is 54.2 Å². The van der Waals surface area contributed by atoms with Crippen molar-refractivity contribution in [2.45, 2.75) is 71.4 Å². The molecule has 0 saturated heterocycles. The van der Waals surface area contributed by atoms with Crippen molar-refractivity contribution in [1.82, 2.24) is 15.6 Å². The molecule has 0 unspecified atom stereocenters. The molecule has 0 bridgehead atoms. The zero-order valence-electron chi connectivity index (χ0n) is 22.0. The third-order valence-electron chi connectivity index (χ3n) is 6.06. The third-order valence-corrected chi connectivity index (χ3v) is 6.06. The van der Waals surface area contributed by atoms with Crippen LogP contribution in [0.4, 0.5) is 5.82 Å². The van der Waals surface area contributed by atoms with Gasteiger partial charge < -0.3 is 25.8 Å². The van der Waals surface area contributed by atoms with Gasteiger partial charge in [-0.3, -0.25) is 9.59 Å². The molecular formula is C28H42N4O4. The summed E-state index contributed by atoms with van der Waals surface area (Å²) < 4.78 is 5.29. The van der Waals surface area contributed by atoms with Crippen molar-refractivity contribution in [1.29, 1.82) is 0 Å². The summed E-state index contributed by atoms with van der Waals surface area (Å²) >= 11 is 0. The van der Waals surface area contributed by atoms with Crippen LogP contribution in [-0.2, 0) is 11.2 Å². The molecular weight excluding hydrogens is 456 g/mol. The number of methoxy groups -OCH3 is 1. The minimum absolute atomic E-state index is 0.0889. The molecule has 0 saturated carbocycles. The second kappa shape index (κ2) is 15.8. The Morgan fingerprint density at radius 1 is 1.06 bits per heavy atom. The van der Waals surface area contributed by atoms with Crippen LogP contribution in [0, 0.1) is 5.92 Å². The van der Waals surface area contributed by atoms with Gasteiger partial charge in [0.1, 0.15) is 5.82 Å². The molecule has 0 fully saturated rings. The lowest BCUT2D eigenvalue weighted by molar-refractivity contribution is -0.125. The Kier molecular flexibility index (Phi) is 12.8. The Morgan fingerprint density at radius 3 is 2.42 bits per heavy atom. The topological polar surface area (TPSA) is 113 Å². The van der Waals surface area contributed by atoms with Gasteiger partial charge >= 0.3 is 0 Å². The number of rotatable bonds is 16. The van der Waals surface area contributed by atoms with E-state index in [1.807, 2.05) is 30.3 Å². The number of hydrogen-bond donors (Lipinski definition) is 4. The molecule has 3 atom stereocenters. The van der Waals surface area contributed by atoms with Gasteiger partial charge in [-0.15, -0.1) is 0 Å². The van der Waals surface area contributed by atoms with Crippen molar-refractivity contribution >= 4 is 17.6 Å². The molecule has 2 aromatic rings. The molecule has 8 heteroatoms. The molecule has 4 N–H and O–H groups in total. The van der Waals surface area contributed by atoms with Gasteiger partial charge in [-0.05, 0) is 37.3 Å². The van der Waals surface area contributed by atoms with Gasteiger partial charge in [-0.2, -0.15) is 4.98 Å². The van der Waals surface area contributed by atoms with Crippen LogP contribution in [0.15, 0.2) is 42.5 Å². The van der Waals surface area contributed by atoms with Crippen molar-refractivity contribution in [3.05, 3.63) is 53.6 Å². The van der Waals surface area contributed by atoms with Gasteiger partial charge in [0.25, 0.3) is 5.91 Å². The Bertz CT molecular complexity index is 938. The molecule has 1 aromatic carbocycles. The van der Waals surface area contributed by atoms with E-state index in [0.29, 0.717) is 30.2 Å². The first-order valence-corrected chi connectivity index (χ1v) is 13.0. The number of amides is 2. The number of anilines is 1. The fourth-order valence-corrected chi connectivity index (χ4v) is 3.82. The number of nitrogens with zero attached hydrogens (tertiary/aromatic N) is 1. The van der Waals surface area contributed by atoms with Gasteiger partial charge in [-0.25, -0.2) is 0 Å². The second-order valence-corrected chi connectivity index (χ2v) is 9.18. The maximum atomic E-state index is 13.3. The van der Waals surface area contributed by atoms with Crippen LogP contribution in [0.2, 0.25) is 0 Å². The van der Waals surface area contributed by atoms with Gasteiger partial charge in [-0.1, -0.05) is 63.9 Å². The highest BCUT2D eigenvalue weighted by Gasteiger charge is 2.27. The predicted molar refractivity (Wildman–Crippen MR) is 143 cm³/mol. The molecule has 198 valence electrons. The average molecular weight is 499 g/mol. The zero-order valence-corrected chi connectivity index (χ0v) is 22.0. The molecule has 1 heterocycles. The highest BCUT2D eigenvalue weighted by atomic mass is 16.5. The van der Waals surface area contributed by atoms with Crippen LogP contribution in [0.5, 0.6) is 5.88 Å². The summed E-state index contributed by atoms with van der Waals surface area (Å²) in [6.07, 6.45) is 3.69. The Hall–Kier alpha value is -3.13. The number of carbonyl (C=O) groups is 2. The van der Waals surface area contributed by atoms with E-state index in [2.05, 4.69) is 34.8 Å². The first kappa shape index (κ1) is 29.1. The maximum Gasteiger partial charge on any atom is 0.251 e. The SMILES string of the molecule is CCCCNC(=O)[C@H](C)C[C@H](O)[C@H](Cc1ccccc1)NC(=O)c1cc(NCCCC)nc(OC)c1. The van der Waals surface area contributed by atoms with E-state index < -0.39 is 12.1 Å². The van der Waals surface area contributed by atoms with Crippen molar-refractivity contribution < 1.29 is 19.4 Å². The largest absolute Gasteiger partial charge is 0.481 e. The predicted octanol–water partition coefficient (Wildman–Crippen LogP) is 3.95. The first-order chi connectivity index (χ1) is 17.4. The number of aliphatic hydroxyl groups excluding tert-OH is 1. The Morgan fingerprint density at radius 2 is 1.75 bits per heavy atom. The van der Waals surface area contributed by atoms with Crippen LogP contribution in [0.1, 0.15) is 68.8 Å². The Labute approximate surface area is 215 Å². The first-order valence-electron chi connectivity index (χ1n) is 13.0. The molecule has 2 amide bonds. The number of hydrogen-bond acceptors (Lipinski definition) is 6. The monoisotopic (exact) mass is 498 g/mol. The smallest absolute Gasteiger partial charge is 0.251 e. The van der Waals surface area contributed by atoms with Crippen LogP contribution < -0.4 is 20.7 Å². The molecule has 0 aliphatic carbocycles. The Balaban J connectivity index is 2.17. The average Bonchev–Trinajstić information content (AvgIpc) is 2.88. The van der Waals surface area contributed by atoms with Crippen LogP contribution >= 0.6 is 0 Å². The quantitative estimate of drug-likeness (QED) is 0.261. The maximum absolute atomic E-state index is 13.3. The second-order valence-electron chi connectivity index (χ2n) is 9.18. The summed E-state index contributed by atoms with van der Waals surface area (Å²) in [6, 6.07) is 12.4. The number of benzene rings is 1. The molecule has 8 nitrogen and oxygen atoms in total. The normalized spacial score (nSPS) is 13.4. The zero-order chi connectivity index (χ0) is 26.3. The van der Waals surface area contributed by atoms with E-state index in [9.17, 15) is 14.7 Å². The van der Waals surface area contributed by atoms with E-state index >= 15 is 0 Å². The summed E-state index contributed by atoms with van der Waals surface area (Å²) in [5.41, 5.74) is 1.37. The summed E-state index contributed by atoms with van der Waals surface area (Å²) in [5, 5.41) is 20.2. The fraction of sp³-hybridized carbons (Fsp3) is 0.536. The van der Waals surface area contributed by atoms with Crippen LogP contribution in [0.3, 0.4) is 0 Å². The number of aromatic nitrogens is 1. The standard InChI is InChI=1S/C28H42N4O4/c1-5-7-14-29-25-18-22(19-26(32-25)36-4)28(35)31-23(17-21-12-10-9-11-13-21)24(33)16-20(3)27(34)30-15-8-6-2/h9-13,18-20,23-24,33H,5-8,14-17H2,1-4H3,(H,29,32)(H,30,34)(H,31,35)/t20-,23+,24+/m1/s1. The van der Waals surface area contributed by atoms with E-state index in [1.54, 1.807) is 19.1 Å². The number of carbonyl (C=O) groups excluding carboxylic acids is 2. The molecule has 0 spiro atoms. The minimum Gasteiger partial charge on any atom is -0.481 e. The minimum atomic E-state index is -0.910. The third kappa shape index (κ3) is 9.85. The van der Waals surface area contributed by atoms with Gasteiger partial charge in [0.05, 0.1) is 19.3 Å². The summed E-state index contributed by atoms with van der Waals surface area (Å²) in [6.45, 7) is 7.34. The molecule has 36 heavy (non-hydrogen) atoms. The highest BCUT2D eigenvalue weighted by Crippen LogP contribution is 2.18. The summed E-state index contributed by atoms with van der Waals surface area (Å²) in [4.78, 5) is 30.1. The lowest BCUT2D eigenvalue weighted by Gasteiger charge is -2.26. The molecule has 0 radical (unpaired) electrons. The van der Waals surface area contributed by atoms with E-state index in [-0.39, 0.29) is 24.2 Å². The number of unbranched alkanes of at least 4 members (excludes halogenated alkanes) is 2. The van der Waals surface area contributed by atoms with Gasteiger partial charge in [0.2, 0.25) is 11.8 Å². The lowest BCUT2D eigenvalue weighted by Crippen LogP contribution is -2.46. The van der Waals surface area contributed by atoms with Crippen molar-refractivity contribution in [3.63, 3.8) is 0 Å². The van der Waals surface area contributed by atoms with Crippen molar-refractivity contribution in [2.75, 3.05) is 25.5 Å². The molecule has 0 aliphatic heterocycles. The van der Waals surface area contributed by atoms with Crippen molar-refractivity contribution in [2.24, 2.45) is 5.92 Å². The molecule has 0 aliphatic rings. The van der Waals surface area contributed by atoms with Gasteiger partial charge in [0, 0.05) is 30.6 Å².